The topological polar surface area (TPSA) is 49.6 Å². The van der Waals surface area contributed by atoms with Crippen LogP contribution in [0.1, 0.15) is 38.7 Å². The Morgan fingerprint density at radius 1 is 1.32 bits per heavy atom. The summed E-state index contributed by atoms with van der Waals surface area (Å²) < 4.78 is 0. The molecule has 1 aromatic carbocycles. The second kappa shape index (κ2) is 7.63. The predicted molar refractivity (Wildman–Crippen MR) is 91.7 cm³/mol. The van der Waals surface area contributed by atoms with Gasteiger partial charge < -0.3 is 15.5 Å². The van der Waals surface area contributed by atoms with E-state index in [9.17, 15) is 4.79 Å². The quantitative estimate of drug-likeness (QED) is 0.850. The second-order valence-corrected chi connectivity index (χ2v) is 6.56. The molecule has 1 amide bonds. The summed E-state index contributed by atoms with van der Waals surface area (Å²) in [7, 11) is 1.95. The molecule has 1 aromatic rings. The van der Waals surface area contributed by atoms with Crippen LogP contribution >= 0.6 is 0 Å². The molecular weight excluding hydrogens is 274 g/mol. The van der Waals surface area contributed by atoms with E-state index >= 15 is 0 Å². The van der Waals surface area contributed by atoms with E-state index in [2.05, 4.69) is 18.7 Å². The number of aryl methyl sites for hydroxylation is 1. The normalized spacial score (nSPS) is 16.9. The number of carbonyl (C=O) groups is 1. The van der Waals surface area contributed by atoms with E-state index in [0.29, 0.717) is 18.5 Å². The number of nitrogens with two attached hydrogens (primary N) is 1. The number of para-hydroxylation sites is 1. The molecule has 122 valence electrons. The number of piperidine rings is 1. The van der Waals surface area contributed by atoms with E-state index in [1.807, 2.05) is 36.2 Å². The van der Waals surface area contributed by atoms with Crippen LogP contribution in [0.15, 0.2) is 24.3 Å². The van der Waals surface area contributed by atoms with Crippen LogP contribution < -0.4 is 5.73 Å². The number of nitrogens with zero attached hydrogens (tertiary/aromatic N) is 2. The van der Waals surface area contributed by atoms with Gasteiger partial charge in [0.1, 0.15) is 0 Å². The summed E-state index contributed by atoms with van der Waals surface area (Å²) in [5, 5.41) is 0. The second-order valence-electron chi connectivity index (χ2n) is 6.56. The minimum Gasteiger partial charge on any atom is -0.399 e. The Balaban J connectivity index is 1.81. The third-order valence-electron chi connectivity index (χ3n) is 4.83. The molecule has 22 heavy (non-hydrogen) atoms. The molecule has 1 aliphatic heterocycles. The maximum atomic E-state index is 12.4. The molecule has 2 N–H and O–H groups in total. The smallest absolute Gasteiger partial charge is 0.222 e. The van der Waals surface area contributed by atoms with Crippen molar-refractivity contribution in [3.8, 4) is 0 Å². The van der Waals surface area contributed by atoms with Gasteiger partial charge >= 0.3 is 0 Å². The molecule has 2 rings (SSSR count). The first-order chi connectivity index (χ1) is 10.5. The zero-order valence-corrected chi connectivity index (χ0v) is 14.1. The van der Waals surface area contributed by atoms with E-state index in [0.717, 1.165) is 43.6 Å². The van der Waals surface area contributed by atoms with Gasteiger partial charge in [0, 0.05) is 44.3 Å². The lowest BCUT2D eigenvalue weighted by atomic mass is 10.0. The Morgan fingerprint density at radius 3 is 2.55 bits per heavy atom. The van der Waals surface area contributed by atoms with E-state index in [-0.39, 0.29) is 5.91 Å². The van der Waals surface area contributed by atoms with E-state index in [1.54, 1.807) is 0 Å². The zero-order valence-electron chi connectivity index (χ0n) is 14.1. The van der Waals surface area contributed by atoms with Crippen LogP contribution in [0.5, 0.6) is 0 Å². The first-order valence-electron chi connectivity index (χ1n) is 8.32. The van der Waals surface area contributed by atoms with Crippen LogP contribution in [0.25, 0.3) is 0 Å². The Hall–Kier alpha value is -1.55. The van der Waals surface area contributed by atoms with Crippen LogP contribution in [0, 0.1) is 0 Å². The van der Waals surface area contributed by atoms with Gasteiger partial charge in [0.05, 0.1) is 0 Å². The summed E-state index contributed by atoms with van der Waals surface area (Å²) in [6, 6.07) is 8.78. The van der Waals surface area contributed by atoms with E-state index in [1.165, 1.54) is 0 Å². The molecule has 0 aromatic heterocycles. The minimum atomic E-state index is 0.228. The lowest BCUT2D eigenvalue weighted by Gasteiger charge is -2.38. The number of likely N-dealkylation sites (tertiary alicyclic amines) is 1. The molecule has 0 spiro atoms. The summed E-state index contributed by atoms with van der Waals surface area (Å²) in [6.07, 6.45) is 3.41. The number of hydrogen-bond acceptors (Lipinski definition) is 3. The highest BCUT2D eigenvalue weighted by molar-refractivity contribution is 5.76. The Morgan fingerprint density at radius 2 is 1.95 bits per heavy atom. The Labute approximate surface area is 134 Å². The van der Waals surface area contributed by atoms with Crippen molar-refractivity contribution in [2.45, 2.75) is 51.6 Å². The van der Waals surface area contributed by atoms with Gasteiger partial charge in [-0.2, -0.15) is 0 Å². The van der Waals surface area contributed by atoms with Crippen LogP contribution in [0.3, 0.4) is 0 Å². The number of amides is 1. The van der Waals surface area contributed by atoms with Crippen LogP contribution in [0.4, 0.5) is 5.69 Å². The number of nitrogen functional groups attached to an aromatic ring is 1. The zero-order chi connectivity index (χ0) is 16.1. The maximum absolute atomic E-state index is 12.4. The molecule has 1 saturated heterocycles. The van der Waals surface area contributed by atoms with Crippen molar-refractivity contribution in [2.24, 2.45) is 0 Å². The highest BCUT2D eigenvalue weighted by atomic mass is 16.2. The average molecular weight is 303 g/mol. The Kier molecular flexibility index (Phi) is 5.83. The molecule has 1 aliphatic rings. The summed E-state index contributed by atoms with van der Waals surface area (Å²) >= 11 is 0. The fourth-order valence-corrected chi connectivity index (χ4v) is 3.17. The SMILES string of the molecule is CC(C)N1CCC(N(C)C(=O)CCc2ccccc2N)CC1. The summed E-state index contributed by atoms with van der Waals surface area (Å²) in [6.45, 7) is 6.65. The third-order valence-corrected chi connectivity index (χ3v) is 4.83. The lowest BCUT2D eigenvalue weighted by Crippen LogP contribution is -2.47. The van der Waals surface area contributed by atoms with Gasteiger partial charge in [-0.25, -0.2) is 0 Å². The molecule has 0 bridgehead atoms. The fraction of sp³-hybridized carbons (Fsp3) is 0.611. The highest BCUT2D eigenvalue weighted by Gasteiger charge is 2.26. The van der Waals surface area contributed by atoms with Gasteiger partial charge in [0.15, 0.2) is 0 Å². The van der Waals surface area contributed by atoms with Gasteiger partial charge in [-0.05, 0) is 44.7 Å². The summed E-state index contributed by atoms with van der Waals surface area (Å²) in [4.78, 5) is 16.9. The largest absolute Gasteiger partial charge is 0.399 e. The van der Waals surface area contributed by atoms with Gasteiger partial charge in [-0.3, -0.25) is 4.79 Å². The minimum absolute atomic E-state index is 0.228. The van der Waals surface area contributed by atoms with Gasteiger partial charge in [-0.15, -0.1) is 0 Å². The lowest BCUT2D eigenvalue weighted by molar-refractivity contribution is -0.132. The molecule has 0 unspecified atom stereocenters. The number of hydrogen-bond donors (Lipinski definition) is 1. The number of carbonyl (C=O) groups excluding carboxylic acids is 1. The van der Waals surface area contributed by atoms with Crippen molar-refractivity contribution in [1.82, 2.24) is 9.80 Å². The van der Waals surface area contributed by atoms with E-state index in [4.69, 9.17) is 5.73 Å². The van der Waals surface area contributed by atoms with Gasteiger partial charge in [-0.1, -0.05) is 18.2 Å². The van der Waals surface area contributed by atoms with Crippen molar-refractivity contribution in [3.05, 3.63) is 29.8 Å². The van der Waals surface area contributed by atoms with E-state index < -0.39 is 0 Å². The van der Waals surface area contributed by atoms with Crippen LogP contribution in [0.2, 0.25) is 0 Å². The molecule has 0 aliphatic carbocycles. The number of rotatable bonds is 5. The van der Waals surface area contributed by atoms with Crippen molar-refractivity contribution in [3.63, 3.8) is 0 Å². The first-order valence-corrected chi connectivity index (χ1v) is 8.32. The molecule has 0 atom stereocenters. The fourth-order valence-electron chi connectivity index (χ4n) is 3.17. The van der Waals surface area contributed by atoms with Crippen LogP contribution in [-0.4, -0.2) is 47.9 Å². The molecule has 4 heteroatoms. The average Bonchev–Trinajstić information content (AvgIpc) is 2.53. The van der Waals surface area contributed by atoms with Gasteiger partial charge in [0.2, 0.25) is 5.91 Å². The van der Waals surface area contributed by atoms with Crippen molar-refractivity contribution < 1.29 is 4.79 Å². The highest BCUT2D eigenvalue weighted by Crippen LogP contribution is 2.19. The summed E-state index contributed by atoms with van der Waals surface area (Å²) in [5.74, 6) is 0.228. The van der Waals surface area contributed by atoms with Crippen molar-refractivity contribution in [1.29, 1.82) is 0 Å². The number of anilines is 1. The van der Waals surface area contributed by atoms with Gasteiger partial charge in [0.25, 0.3) is 0 Å². The summed E-state index contributed by atoms with van der Waals surface area (Å²) in [5.41, 5.74) is 7.79. The third kappa shape index (κ3) is 4.23. The molecular formula is C18H29N3O. The maximum Gasteiger partial charge on any atom is 0.222 e. The van der Waals surface area contributed by atoms with Crippen molar-refractivity contribution >= 4 is 11.6 Å². The Bertz CT molecular complexity index is 493. The predicted octanol–water partition coefficient (Wildman–Crippen LogP) is 2.53. The molecule has 1 fully saturated rings. The molecule has 4 nitrogen and oxygen atoms in total. The monoisotopic (exact) mass is 303 g/mol. The molecule has 1 heterocycles. The molecule has 0 radical (unpaired) electrons. The standard InChI is InChI=1S/C18H29N3O/c1-14(2)21-12-10-16(11-13-21)20(3)18(22)9-8-15-6-4-5-7-17(15)19/h4-7,14,16H,8-13,19H2,1-3H3. The van der Waals surface area contributed by atoms with Crippen molar-refractivity contribution in [2.75, 3.05) is 25.9 Å². The van der Waals surface area contributed by atoms with Crippen LogP contribution in [-0.2, 0) is 11.2 Å². The first kappa shape index (κ1) is 16.8. The number of benzene rings is 1. The molecule has 0 saturated carbocycles.